The summed E-state index contributed by atoms with van der Waals surface area (Å²) in [6.45, 7) is 0. The van der Waals surface area contributed by atoms with Crippen molar-refractivity contribution in [1.29, 1.82) is 0 Å². The molecule has 1 saturated heterocycles. The standard InChI is InChI=1S/C12H11NO2S.ClH/c14-11(15)8-7-16-10-4-6-13-9-3-1-2-5-12(8,9)10;/h1-4,6,8H,5,7H2,(H,14,15);1H/t8-,12?;/m1./s1. The fourth-order valence-corrected chi connectivity index (χ4v) is 4.17. The van der Waals surface area contributed by atoms with Crippen molar-refractivity contribution in [3.8, 4) is 0 Å². The maximum Gasteiger partial charge on any atom is 0.308 e. The van der Waals surface area contributed by atoms with Crippen LogP contribution in [0.1, 0.15) is 6.42 Å². The molecule has 3 nitrogen and oxygen atoms in total. The Morgan fingerprint density at radius 3 is 3.12 bits per heavy atom. The van der Waals surface area contributed by atoms with Crippen LogP contribution in [-0.4, -0.2) is 23.0 Å². The molecule has 2 heterocycles. The highest BCUT2D eigenvalue weighted by Gasteiger charge is 2.54. The Morgan fingerprint density at radius 2 is 2.35 bits per heavy atom. The number of aliphatic imine (C=N–C) groups is 1. The Balaban J connectivity index is 0.00000108. The van der Waals surface area contributed by atoms with E-state index in [0.29, 0.717) is 5.75 Å². The van der Waals surface area contributed by atoms with Gasteiger partial charge in [-0.3, -0.25) is 9.79 Å². The van der Waals surface area contributed by atoms with Crippen molar-refractivity contribution >= 4 is 36.4 Å². The molecule has 1 spiro atoms. The SMILES string of the molecule is Cl.O=C(O)[C@H]1CSC2=CC=NC3=CC=CCC321. The van der Waals surface area contributed by atoms with Crippen LogP contribution >= 0.6 is 24.2 Å². The Hall–Kier alpha value is -1.00. The number of thioether (sulfide) groups is 1. The highest BCUT2D eigenvalue weighted by Crippen LogP contribution is 2.59. The molecule has 0 amide bonds. The average Bonchev–Trinajstić information content (AvgIpc) is 2.65. The molecule has 0 radical (unpaired) electrons. The molecule has 90 valence electrons. The number of nitrogens with zero attached hydrogens (tertiary/aromatic N) is 1. The van der Waals surface area contributed by atoms with E-state index in [4.69, 9.17) is 0 Å². The number of halogens is 1. The van der Waals surface area contributed by atoms with Crippen molar-refractivity contribution in [3.63, 3.8) is 0 Å². The molecule has 3 rings (SSSR count). The van der Waals surface area contributed by atoms with E-state index >= 15 is 0 Å². The quantitative estimate of drug-likeness (QED) is 0.796. The Kier molecular flexibility index (Phi) is 3.19. The van der Waals surface area contributed by atoms with Gasteiger partial charge in [-0.1, -0.05) is 12.2 Å². The first-order valence-electron chi connectivity index (χ1n) is 5.23. The van der Waals surface area contributed by atoms with E-state index < -0.39 is 5.97 Å². The molecule has 1 unspecified atom stereocenters. The first-order valence-corrected chi connectivity index (χ1v) is 6.21. The van der Waals surface area contributed by atoms with Crippen LogP contribution in [0.5, 0.6) is 0 Å². The molecular weight excluding hydrogens is 258 g/mol. The maximum absolute atomic E-state index is 11.4. The first kappa shape index (κ1) is 12.5. The molecule has 2 atom stereocenters. The van der Waals surface area contributed by atoms with Crippen LogP contribution < -0.4 is 0 Å². The van der Waals surface area contributed by atoms with Gasteiger partial charge in [-0.15, -0.1) is 24.2 Å². The Bertz CT molecular complexity index is 481. The van der Waals surface area contributed by atoms with E-state index in [1.165, 1.54) is 0 Å². The molecule has 1 aliphatic carbocycles. The number of hydrogen-bond acceptors (Lipinski definition) is 3. The fourth-order valence-electron chi connectivity index (χ4n) is 2.65. The third-order valence-corrected chi connectivity index (χ3v) is 4.78. The van der Waals surface area contributed by atoms with Crippen LogP contribution in [0.4, 0.5) is 0 Å². The van der Waals surface area contributed by atoms with Crippen LogP contribution in [0, 0.1) is 11.3 Å². The molecule has 2 aliphatic heterocycles. The zero-order valence-electron chi connectivity index (χ0n) is 9.00. The van der Waals surface area contributed by atoms with Gasteiger partial charge >= 0.3 is 5.97 Å². The minimum Gasteiger partial charge on any atom is -0.481 e. The summed E-state index contributed by atoms with van der Waals surface area (Å²) < 4.78 is 0. The second-order valence-electron chi connectivity index (χ2n) is 4.17. The van der Waals surface area contributed by atoms with E-state index in [2.05, 4.69) is 4.99 Å². The van der Waals surface area contributed by atoms with Gasteiger partial charge in [0.25, 0.3) is 0 Å². The number of aliphatic carboxylic acids is 1. The van der Waals surface area contributed by atoms with Gasteiger partial charge in [-0.2, -0.15) is 0 Å². The smallest absolute Gasteiger partial charge is 0.308 e. The Labute approximate surface area is 110 Å². The highest BCUT2D eigenvalue weighted by atomic mass is 35.5. The summed E-state index contributed by atoms with van der Waals surface area (Å²) >= 11 is 1.65. The largest absolute Gasteiger partial charge is 0.481 e. The van der Waals surface area contributed by atoms with Crippen LogP contribution in [-0.2, 0) is 4.79 Å². The molecule has 1 N–H and O–H groups in total. The lowest BCUT2D eigenvalue weighted by Crippen LogP contribution is -2.36. The number of allylic oxidation sites excluding steroid dienone is 5. The minimum atomic E-state index is -0.714. The zero-order valence-corrected chi connectivity index (χ0v) is 10.6. The number of dihydropyridines is 1. The van der Waals surface area contributed by atoms with Crippen molar-refractivity contribution in [3.05, 3.63) is 34.9 Å². The molecule has 1 fully saturated rings. The summed E-state index contributed by atoms with van der Waals surface area (Å²) in [5.74, 6) is -0.415. The number of hydrogen-bond donors (Lipinski definition) is 1. The van der Waals surface area contributed by atoms with Gasteiger partial charge in [0.1, 0.15) is 0 Å². The number of carboxylic acid groups (broad SMARTS) is 1. The van der Waals surface area contributed by atoms with E-state index in [9.17, 15) is 9.90 Å². The van der Waals surface area contributed by atoms with Gasteiger partial charge in [-0.05, 0) is 23.5 Å². The van der Waals surface area contributed by atoms with Crippen LogP contribution in [0.3, 0.4) is 0 Å². The Morgan fingerprint density at radius 1 is 1.53 bits per heavy atom. The summed E-state index contributed by atoms with van der Waals surface area (Å²) in [7, 11) is 0. The monoisotopic (exact) mass is 269 g/mol. The molecular formula is C12H12ClNO2S. The van der Waals surface area contributed by atoms with Gasteiger partial charge < -0.3 is 5.11 Å². The third kappa shape index (κ3) is 1.58. The lowest BCUT2D eigenvalue weighted by Gasteiger charge is -2.36. The van der Waals surface area contributed by atoms with Crippen LogP contribution in [0.15, 0.2) is 39.9 Å². The minimum absolute atomic E-state index is 0. The topological polar surface area (TPSA) is 49.7 Å². The summed E-state index contributed by atoms with van der Waals surface area (Å²) in [6.07, 6.45) is 10.4. The molecule has 0 aromatic rings. The van der Waals surface area contributed by atoms with Gasteiger partial charge in [-0.25, -0.2) is 0 Å². The zero-order chi connectivity index (χ0) is 11.2. The predicted octanol–water partition coefficient (Wildman–Crippen LogP) is 2.65. The van der Waals surface area contributed by atoms with E-state index in [1.807, 2.05) is 24.3 Å². The van der Waals surface area contributed by atoms with Crippen molar-refractivity contribution in [1.82, 2.24) is 0 Å². The number of carboxylic acids is 1. The average molecular weight is 270 g/mol. The summed E-state index contributed by atoms with van der Waals surface area (Å²) in [6, 6.07) is 0. The first-order chi connectivity index (χ1) is 7.75. The van der Waals surface area contributed by atoms with Crippen LogP contribution in [0.2, 0.25) is 0 Å². The van der Waals surface area contributed by atoms with Crippen molar-refractivity contribution in [2.75, 3.05) is 5.75 Å². The second-order valence-corrected chi connectivity index (χ2v) is 5.23. The summed E-state index contributed by atoms with van der Waals surface area (Å²) in [4.78, 5) is 16.9. The van der Waals surface area contributed by atoms with Crippen molar-refractivity contribution in [2.45, 2.75) is 6.42 Å². The molecule has 0 bridgehead atoms. The van der Waals surface area contributed by atoms with Gasteiger partial charge in [0.2, 0.25) is 0 Å². The third-order valence-electron chi connectivity index (χ3n) is 3.46. The van der Waals surface area contributed by atoms with Crippen LogP contribution in [0.25, 0.3) is 0 Å². The highest BCUT2D eigenvalue weighted by molar-refractivity contribution is 8.03. The molecule has 0 aromatic carbocycles. The van der Waals surface area contributed by atoms with Gasteiger partial charge in [0.05, 0.1) is 17.0 Å². The van der Waals surface area contributed by atoms with Crippen molar-refractivity contribution < 1.29 is 9.90 Å². The molecule has 5 heteroatoms. The van der Waals surface area contributed by atoms with E-state index in [1.54, 1.807) is 18.0 Å². The van der Waals surface area contributed by atoms with E-state index in [0.717, 1.165) is 17.0 Å². The lowest BCUT2D eigenvalue weighted by molar-refractivity contribution is -0.143. The van der Waals surface area contributed by atoms with Gasteiger partial charge in [0.15, 0.2) is 0 Å². The second kappa shape index (κ2) is 4.35. The molecule has 0 saturated carbocycles. The normalized spacial score (nSPS) is 33.1. The van der Waals surface area contributed by atoms with E-state index in [-0.39, 0.29) is 23.7 Å². The number of rotatable bonds is 1. The summed E-state index contributed by atoms with van der Waals surface area (Å²) in [5.41, 5.74) is 0.532. The predicted molar refractivity (Wildman–Crippen MR) is 71.7 cm³/mol. The fraction of sp³-hybridized carbons (Fsp3) is 0.333. The van der Waals surface area contributed by atoms with Gasteiger partial charge in [0, 0.05) is 12.0 Å². The number of carbonyl (C=O) groups is 1. The maximum atomic E-state index is 11.4. The lowest BCUT2D eigenvalue weighted by atomic mass is 9.68. The molecule has 17 heavy (non-hydrogen) atoms. The summed E-state index contributed by atoms with van der Waals surface area (Å²) in [5, 5.41) is 9.34. The molecule has 0 aromatic heterocycles. The van der Waals surface area contributed by atoms with Crippen molar-refractivity contribution in [2.24, 2.45) is 16.3 Å². The molecule has 3 aliphatic rings.